The van der Waals surface area contributed by atoms with Crippen molar-refractivity contribution < 1.29 is 10.2 Å². The van der Waals surface area contributed by atoms with Crippen molar-refractivity contribution in [1.82, 2.24) is 19.5 Å². The normalized spacial score (nSPS) is 12.9. The number of benzene rings is 1. The molecule has 0 saturated carbocycles. The Morgan fingerprint density at radius 3 is 2.66 bits per heavy atom. The number of phenolic OH excluding ortho intramolecular Hbond substituents is 1. The van der Waals surface area contributed by atoms with Gasteiger partial charge in [-0.05, 0) is 33.3 Å². The molecule has 1 aromatic carbocycles. The van der Waals surface area contributed by atoms with Crippen molar-refractivity contribution in [1.29, 1.82) is 0 Å². The van der Waals surface area contributed by atoms with Crippen LogP contribution in [0.3, 0.4) is 0 Å². The molecule has 3 rings (SSSR count). The second-order valence-electron chi connectivity index (χ2n) is 7.97. The maximum Gasteiger partial charge on any atom is 0.226 e. The molecule has 2 heterocycles. The van der Waals surface area contributed by atoms with Gasteiger partial charge < -0.3 is 25.4 Å². The second-order valence-corrected chi connectivity index (χ2v) is 7.97. The number of para-hydroxylation sites is 1. The number of nitrogens with zero attached hydrogens (tertiary/aromatic N) is 4. The smallest absolute Gasteiger partial charge is 0.226 e. The van der Waals surface area contributed by atoms with Gasteiger partial charge in [-0.25, -0.2) is 4.98 Å². The van der Waals surface area contributed by atoms with Crippen LogP contribution in [0.15, 0.2) is 24.5 Å². The van der Waals surface area contributed by atoms with Gasteiger partial charge in [-0.15, -0.1) is 0 Å². The molecule has 3 aromatic rings. The van der Waals surface area contributed by atoms with Crippen LogP contribution in [0.2, 0.25) is 0 Å². The Morgan fingerprint density at radius 1 is 1.21 bits per heavy atom. The summed E-state index contributed by atoms with van der Waals surface area (Å²) in [6, 6.07) is 5.66. The van der Waals surface area contributed by atoms with E-state index >= 15 is 0 Å². The quantitative estimate of drug-likeness (QED) is 0.461. The highest BCUT2D eigenvalue weighted by Crippen LogP contribution is 2.25. The SMILES string of the molecule is CCn1cnc2c(NCc3cccc(C)c3O)nc(NCC(C)C(C)(C)O)nc21. The zero-order chi connectivity index (χ0) is 21.2. The lowest BCUT2D eigenvalue weighted by Crippen LogP contribution is -2.33. The van der Waals surface area contributed by atoms with E-state index < -0.39 is 5.60 Å². The van der Waals surface area contributed by atoms with Gasteiger partial charge in [-0.2, -0.15) is 9.97 Å². The fourth-order valence-electron chi connectivity index (χ4n) is 2.91. The number of fused-ring (bicyclic) bond motifs is 1. The van der Waals surface area contributed by atoms with Gasteiger partial charge >= 0.3 is 0 Å². The van der Waals surface area contributed by atoms with E-state index in [4.69, 9.17) is 0 Å². The summed E-state index contributed by atoms with van der Waals surface area (Å²) < 4.78 is 1.96. The Hall–Kier alpha value is -2.87. The number of nitrogens with one attached hydrogen (secondary N) is 2. The first-order valence-electron chi connectivity index (χ1n) is 9.91. The summed E-state index contributed by atoms with van der Waals surface area (Å²) in [4.78, 5) is 13.7. The minimum Gasteiger partial charge on any atom is -0.507 e. The van der Waals surface area contributed by atoms with Gasteiger partial charge in [0.25, 0.3) is 0 Å². The highest BCUT2D eigenvalue weighted by molar-refractivity contribution is 5.84. The summed E-state index contributed by atoms with van der Waals surface area (Å²) in [7, 11) is 0. The van der Waals surface area contributed by atoms with Gasteiger partial charge in [0, 0.05) is 31.1 Å². The fraction of sp³-hybridized carbons (Fsp3) is 0.476. The summed E-state index contributed by atoms with van der Waals surface area (Å²) in [6.45, 7) is 11.1. The van der Waals surface area contributed by atoms with Gasteiger partial charge in [0.05, 0.1) is 11.9 Å². The van der Waals surface area contributed by atoms with Crippen LogP contribution >= 0.6 is 0 Å². The number of aromatic hydroxyl groups is 1. The third-order valence-electron chi connectivity index (χ3n) is 5.34. The summed E-state index contributed by atoms with van der Waals surface area (Å²) in [5, 5.41) is 27.0. The molecule has 0 radical (unpaired) electrons. The summed E-state index contributed by atoms with van der Waals surface area (Å²) in [5.74, 6) is 1.36. The number of rotatable bonds is 8. The first kappa shape index (κ1) is 20.9. The van der Waals surface area contributed by atoms with Crippen molar-refractivity contribution in [2.75, 3.05) is 17.2 Å². The highest BCUT2D eigenvalue weighted by atomic mass is 16.3. The van der Waals surface area contributed by atoms with Crippen LogP contribution in [0.4, 0.5) is 11.8 Å². The van der Waals surface area contributed by atoms with Crippen LogP contribution in [-0.2, 0) is 13.1 Å². The molecule has 0 aliphatic carbocycles. The van der Waals surface area contributed by atoms with E-state index in [1.165, 1.54) is 0 Å². The van der Waals surface area contributed by atoms with E-state index in [-0.39, 0.29) is 11.7 Å². The van der Waals surface area contributed by atoms with E-state index in [0.717, 1.165) is 23.3 Å². The third kappa shape index (κ3) is 4.59. The van der Waals surface area contributed by atoms with E-state index in [1.807, 2.05) is 43.5 Å². The predicted molar refractivity (Wildman–Crippen MR) is 115 cm³/mol. The first-order valence-corrected chi connectivity index (χ1v) is 9.91. The van der Waals surface area contributed by atoms with Crippen LogP contribution < -0.4 is 10.6 Å². The molecular formula is C21H30N6O2. The van der Waals surface area contributed by atoms with Crippen molar-refractivity contribution >= 4 is 22.9 Å². The molecule has 1 unspecified atom stereocenters. The number of hydrogen-bond acceptors (Lipinski definition) is 7. The van der Waals surface area contributed by atoms with Gasteiger partial charge in [0.2, 0.25) is 5.95 Å². The van der Waals surface area contributed by atoms with Crippen molar-refractivity contribution in [2.45, 2.75) is 53.3 Å². The van der Waals surface area contributed by atoms with E-state index in [1.54, 1.807) is 20.2 Å². The molecule has 0 fully saturated rings. The molecule has 0 bridgehead atoms. The standard InChI is InChI=1S/C21H30N6O2/c1-6-27-12-24-16-18(22-11-15-9-7-8-13(2)17(15)28)25-20(26-19(16)27)23-10-14(3)21(4,5)29/h7-9,12,14,28-29H,6,10-11H2,1-5H3,(H2,22,23,25,26). The van der Waals surface area contributed by atoms with Gasteiger partial charge in [0.1, 0.15) is 5.75 Å². The lowest BCUT2D eigenvalue weighted by Gasteiger charge is -2.26. The van der Waals surface area contributed by atoms with Gasteiger partial charge in [-0.3, -0.25) is 0 Å². The van der Waals surface area contributed by atoms with Crippen LogP contribution in [-0.4, -0.2) is 41.9 Å². The predicted octanol–water partition coefficient (Wildman–Crippen LogP) is 3.29. The monoisotopic (exact) mass is 398 g/mol. The molecule has 0 saturated heterocycles. The van der Waals surface area contributed by atoms with E-state index in [0.29, 0.717) is 30.4 Å². The second kappa shape index (κ2) is 8.24. The van der Waals surface area contributed by atoms with Crippen LogP contribution in [0, 0.1) is 12.8 Å². The average molecular weight is 399 g/mol. The van der Waals surface area contributed by atoms with Crippen LogP contribution in [0.1, 0.15) is 38.8 Å². The maximum absolute atomic E-state index is 10.3. The molecule has 8 heteroatoms. The number of aryl methyl sites for hydroxylation is 2. The Labute approximate surface area is 171 Å². The van der Waals surface area contributed by atoms with Crippen LogP contribution in [0.5, 0.6) is 5.75 Å². The Bertz CT molecular complexity index is 993. The minimum absolute atomic E-state index is 0.0125. The Morgan fingerprint density at radius 2 is 1.97 bits per heavy atom. The first-order chi connectivity index (χ1) is 13.7. The number of hydrogen-bond donors (Lipinski definition) is 4. The van der Waals surface area contributed by atoms with Gasteiger partial charge in [0.15, 0.2) is 17.0 Å². The molecule has 156 valence electrons. The number of aliphatic hydroxyl groups is 1. The molecule has 0 aliphatic rings. The number of imidazole rings is 1. The fourth-order valence-corrected chi connectivity index (χ4v) is 2.91. The lowest BCUT2D eigenvalue weighted by molar-refractivity contribution is 0.0303. The number of phenols is 1. The molecule has 2 aromatic heterocycles. The third-order valence-corrected chi connectivity index (χ3v) is 5.34. The minimum atomic E-state index is -0.800. The molecule has 4 N–H and O–H groups in total. The summed E-state index contributed by atoms with van der Waals surface area (Å²) >= 11 is 0. The molecule has 0 aliphatic heterocycles. The highest BCUT2D eigenvalue weighted by Gasteiger charge is 2.22. The van der Waals surface area contributed by atoms with Crippen LogP contribution in [0.25, 0.3) is 11.2 Å². The van der Waals surface area contributed by atoms with E-state index in [9.17, 15) is 10.2 Å². The van der Waals surface area contributed by atoms with Crippen molar-refractivity contribution in [2.24, 2.45) is 5.92 Å². The molecule has 1 atom stereocenters. The van der Waals surface area contributed by atoms with E-state index in [2.05, 4.69) is 25.6 Å². The Balaban J connectivity index is 1.88. The molecule has 29 heavy (non-hydrogen) atoms. The summed E-state index contributed by atoms with van der Waals surface area (Å²) in [5.41, 5.74) is 2.23. The zero-order valence-electron chi connectivity index (χ0n) is 17.7. The topological polar surface area (TPSA) is 108 Å². The Kier molecular flexibility index (Phi) is 5.93. The van der Waals surface area contributed by atoms with Gasteiger partial charge in [-0.1, -0.05) is 25.1 Å². The molecular weight excluding hydrogens is 368 g/mol. The average Bonchev–Trinajstić information content (AvgIpc) is 3.09. The number of aromatic nitrogens is 4. The number of anilines is 2. The lowest BCUT2D eigenvalue weighted by atomic mass is 9.93. The maximum atomic E-state index is 10.3. The van der Waals surface area contributed by atoms with Crippen molar-refractivity contribution in [3.05, 3.63) is 35.7 Å². The van der Waals surface area contributed by atoms with Crippen molar-refractivity contribution in [3.63, 3.8) is 0 Å². The molecule has 0 amide bonds. The molecule has 8 nitrogen and oxygen atoms in total. The summed E-state index contributed by atoms with van der Waals surface area (Å²) in [6.07, 6.45) is 1.75. The van der Waals surface area contributed by atoms with Crippen molar-refractivity contribution in [3.8, 4) is 5.75 Å². The zero-order valence-corrected chi connectivity index (χ0v) is 17.7. The molecule has 0 spiro atoms. The largest absolute Gasteiger partial charge is 0.507 e.